The number of carbonyl (C=O) groups is 1. The van der Waals surface area contributed by atoms with E-state index < -0.39 is 5.91 Å². The van der Waals surface area contributed by atoms with E-state index in [1.807, 2.05) is 18.2 Å². The molecule has 1 heterocycles. The van der Waals surface area contributed by atoms with E-state index in [2.05, 4.69) is 24.1 Å². The second-order valence-corrected chi connectivity index (χ2v) is 5.00. The van der Waals surface area contributed by atoms with E-state index in [0.717, 1.165) is 17.0 Å². The minimum atomic E-state index is -0.488. The molecule has 0 atom stereocenters. The van der Waals surface area contributed by atoms with Crippen LogP contribution in [0.25, 0.3) is 0 Å². The maximum absolute atomic E-state index is 11.0. The summed E-state index contributed by atoms with van der Waals surface area (Å²) < 4.78 is 5.41. The fourth-order valence-electron chi connectivity index (χ4n) is 2.18. The van der Waals surface area contributed by atoms with Gasteiger partial charge in [0.05, 0.1) is 12.7 Å². The predicted molar refractivity (Wildman–Crippen MR) is 83.1 cm³/mol. The first-order valence-corrected chi connectivity index (χ1v) is 6.72. The number of pyridine rings is 1. The number of aromatic nitrogens is 1. The van der Waals surface area contributed by atoms with Crippen molar-refractivity contribution in [3.63, 3.8) is 0 Å². The van der Waals surface area contributed by atoms with E-state index in [9.17, 15) is 4.79 Å². The Morgan fingerprint density at radius 3 is 2.57 bits per heavy atom. The predicted octanol–water partition coefficient (Wildman–Crippen LogP) is 3.06. The van der Waals surface area contributed by atoms with Gasteiger partial charge in [-0.3, -0.25) is 4.79 Å². The van der Waals surface area contributed by atoms with Gasteiger partial charge in [-0.25, -0.2) is 4.98 Å². The van der Waals surface area contributed by atoms with Crippen LogP contribution in [0.4, 0.5) is 11.5 Å². The number of ether oxygens (including phenoxy) is 1. The van der Waals surface area contributed by atoms with Crippen molar-refractivity contribution in [2.45, 2.75) is 19.8 Å². The van der Waals surface area contributed by atoms with Gasteiger partial charge in [0.2, 0.25) is 5.91 Å². The van der Waals surface area contributed by atoms with Crippen LogP contribution < -0.4 is 15.8 Å². The zero-order valence-corrected chi connectivity index (χ0v) is 12.4. The van der Waals surface area contributed by atoms with Gasteiger partial charge < -0.3 is 15.8 Å². The zero-order valence-electron chi connectivity index (χ0n) is 12.4. The number of anilines is 2. The fourth-order valence-corrected chi connectivity index (χ4v) is 2.18. The monoisotopic (exact) mass is 285 g/mol. The number of rotatable bonds is 5. The maximum atomic E-state index is 11.0. The van der Waals surface area contributed by atoms with E-state index in [4.69, 9.17) is 10.5 Å². The number of methoxy groups -OCH3 is 1. The molecule has 0 unspecified atom stereocenters. The standard InChI is InChI=1S/C16H19N3O2/c1-10(2)15-12(5-4-6-13(15)21-3)19-14-8-7-11(9-18-14)16(17)20/h4-10H,1-3H3,(H2,17,20)(H,18,19). The lowest BCUT2D eigenvalue weighted by Gasteiger charge is -2.17. The Balaban J connectivity index is 2.33. The summed E-state index contributed by atoms with van der Waals surface area (Å²) in [5.74, 6) is 1.30. The van der Waals surface area contributed by atoms with Crippen LogP contribution in [0.2, 0.25) is 0 Å². The average molecular weight is 285 g/mol. The Labute approximate surface area is 124 Å². The summed E-state index contributed by atoms with van der Waals surface area (Å²) in [6.45, 7) is 4.21. The third-order valence-electron chi connectivity index (χ3n) is 3.17. The first kappa shape index (κ1) is 14.8. The van der Waals surface area contributed by atoms with Crippen molar-refractivity contribution in [1.29, 1.82) is 0 Å². The molecule has 5 nitrogen and oxygen atoms in total. The zero-order chi connectivity index (χ0) is 15.4. The molecule has 0 saturated carbocycles. The molecule has 1 aromatic carbocycles. The number of hydrogen-bond acceptors (Lipinski definition) is 4. The highest BCUT2D eigenvalue weighted by Crippen LogP contribution is 2.34. The van der Waals surface area contributed by atoms with Gasteiger partial charge in [0.25, 0.3) is 0 Å². The normalized spacial score (nSPS) is 10.5. The van der Waals surface area contributed by atoms with Crippen LogP contribution >= 0.6 is 0 Å². The Hall–Kier alpha value is -2.56. The van der Waals surface area contributed by atoms with Gasteiger partial charge in [0, 0.05) is 17.4 Å². The van der Waals surface area contributed by atoms with Crippen LogP contribution in [0.1, 0.15) is 35.7 Å². The highest BCUT2D eigenvalue weighted by molar-refractivity contribution is 5.92. The van der Waals surface area contributed by atoms with Gasteiger partial charge in [-0.2, -0.15) is 0 Å². The fraction of sp³-hybridized carbons (Fsp3) is 0.250. The molecule has 0 radical (unpaired) electrons. The highest BCUT2D eigenvalue weighted by Gasteiger charge is 2.13. The van der Waals surface area contributed by atoms with E-state index >= 15 is 0 Å². The van der Waals surface area contributed by atoms with Crippen LogP contribution in [0.3, 0.4) is 0 Å². The molecule has 110 valence electrons. The summed E-state index contributed by atoms with van der Waals surface area (Å²) in [5, 5.41) is 3.25. The Morgan fingerprint density at radius 2 is 2.05 bits per heavy atom. The number of benzene rings is 1. The Kier molecular flexibility index (Phi) is 4.42. The molecular weight excluding hydrogens is 266 g/mol. The molecule has 5 heteroatoms. The van der Waals surface area contributed by atoms with Crippen molar-refractivity contribution in [3.05, 3.63) is 47.7 Å². The smallest absolute Gasteiger partial charge is 0.250 e. The molecule has 0 saturated heterocycles. The van der Waals surface area contributed by atoms with Crippen molar-refractivity contribution in [2.75, 3.05) is 12.4 Å². The van der Waals surface area contributed by atoms with Gasteiger partial charge in [0.15, 0.2) is 0 Å². The number of hydrogen-bond donors (Lipinski definition) is 2. The molecule has 0 spiro atoms. The van der Waals surface area contributed by atoms with E-state index in [0.29, 0.717) is 17.3 Å². The van der Waals surface area contributed by atoms with Crippen molar-refractivity contribution >= 4 is 17.4 Å². The van der Waals surface area contributed by atoms with Crippen LogP contribution in [0, 0.1) is 0 Å². The summed E-state index contributed by atoms with van der Waals surface area (Å²) in [7, 11) is 1.66. The molecule has 1 aromatic heterocycles. The number of nitrogens with two attached hydrogens (primary N) is 1. The lowest BCUT2D eigenvalue weighted by atomic mass is 10.00. The second-order valence-electron chi connectivity index (χ2n) is 5.00. The van der Waals surface area contributed by atoms with Gasteiger partial charge in [-0.1, -0.05) is 19.9 Å². The molecule has 0 aliphatic rings. The largest absolute Gasteiger partial charge is 0.496 e. The third-order valence-corrected chi connectivity index (χ3v) is 3.17. The van der Waals surface area contributed by atoms with Crippen LogP contribution in [-0.4, -0.2) is 18.0 Å². The molecule has 2 rings (SSSR count). The lowest BCUT2D eigenvalue weighted by molar-refractivity contribution is 0.1000. The molecule has 0 fully saturated rings. The quantitative estimate of drug-likeness (QED) is 0.885. The minimum absolute atomic E-state index is 0.300. The van der Waals surface area contributed by atoms with Crippen molar-refractivity contribution < 1.29 is 9.53 Å². The first-order chi connectivity index (χ1) is 10.0. The average Bonchev–Trinajstić information content (AvgIpc) is 2.47. The van der Waals surface area contributed by atoms with Crippen LogP contribution in [-0.2, 0) is 0 Å². The third kappa shape index (κ3) is 3.31. The van der Waals surface area contributed by atoms with E-state index in [1.54, 1.807) is 19.2 Å². The topological polar surface area (TPSA) is 77.2 Å². The number of primary amides is 1. The highest BCUT2D eigenvalue weighted by atomic mass is 16.5. The Bertz CT molecular complexity index is 636. The molecule has 0 aliphatic heterocycles. The summed E-state index contributed by atoms with van der Waals surface area (Å²) >= 11 is 0. The van der Waals surface area contributed by atoms with Gasteiger partial charge in [0.1, 0.15) is 11.6 Å². The summed E-state index contributed by atoms with van der Waals surface area (Å²) in [4.78, 5) is 15.2. The summed E-state index contributed by atoms with van der Waals surface area (Å²) in [5.41, 5.74) is 7.60. The van der Waals surface area contributed by atoms with Crippen molar-refractivity contribution in [2.24, 2.45) is 5.73 Å². The van der Waals surface area contributed by atoms with Crippen LogP contribution in [0.5, 0.6) is 5.75 Å². The summed E-state index contributed by atoms with van der Waals surface area (Å²) in [6, 6.07) is 9.20. The second kappa shape index (κ2) is 6.26. The molecular formula is C16H19N3O2. The van der Waals surface area contributed by atoms with E-state index in [1.165, 1.54) is 6.20 Å². The number of amides is 1. The number of carbonyl (C=O) groups excluding carboxylic acids is 1. The van der Waals surface area contributed by atoms with Gasteiger partial charge in [-0.05, 0) is 30.2 Å². The molecule has 21 heavy (non-hydrogen) atoms. The number of nitrogens with one attached hydrogen (secondary N) is 1. The molecule has 2 aromatic rings. The minimum Gasteiger partial charge on any atom is -0.496 e. The summed E-state index contributed by atoms with van der Waals surface area (Å²) in [6.07, 6.45) is 1.46. The Morgan fingerprint density at radius 1 is 1.29 bits per heavy atom. The molecule has 1 amide bonds. The lowest BCUT2D eigenvalue weighted by Crippen LogP contribution is -2.11. The molecule has 0 bridgehead atoms. The van der Waals surface area contributed by atoms with Crippen molar-refractivity contribution in [1.82, 2.24) is 4.98 Å². The van der Waals surface area contributed by atoms with Crippen LogP contribution in [0.15, 0.2) is 36.5 Å². The van der Waals surface area contributed by atoms with E-state index in [-0.39, 0.29) is 0 Å². The first-order valence-electron chi connectivity index (χ1n) is 6.72. The SMILES string of the molecule is COc1cccc(Nc2ccc(C(N)=O)cn2)c1C(C)C. The molecule has 3 N–H and O–H groups in total. The maximum Gasteiger partial charge on any atom is 0.250 e. The molecule has 0 aliphatic carbocycles. The van der Waals surface area contributed by atoms with Crippen molar-refractivity contribution in [3.8, 4) is 5.75 Å². The number of nitrogens with zero attached hydrogens (tertiary/aromatic N) is 1. The van der Waals surface area contributed by atoms with Gasteiger partial charge >= 0.3 is 0 Å². The van der Waals surface area contributed by atoms with Gasteiger partial charge in [-0.15, -0.1) is 0 Å².